The normalized spacial score (nSPS) is 15.6. The molecule has 0 saturated carbocycles. The highest BCUT2D eigenvalue weighted by Crippen LogP contribution is 2.19. The molecule has 138 valence electrons. The van der Waals surface area contributed by atoms with E-state index >= 15 is 0 Å². The molecular formula is C21H27N3O2. The van der Waals surface area contributed by atoms with Crippen LogP contribution in [-0.4, -0.2) is 60.5 Å². The molecule has 0 unspecified atom stereocenters. The summed E-state index contributed by atoms with van der Waals surface area (Å²) in [6, 6.07) is 13.7. The first-order valence-electron chi connectivity index (χ1n) is 9.21. The molecule has 1 aromatic carbocycles. The van der Waals surface area contributed by atoms with Gasteiger partial charge in [-0.1, -0.05) is 6.07 Å². The number of benzene rings is 1. The number of piperidine rings is 1. The molecule has 0 aliphatic carbocycles. The quantitative estimate of drug-likeness (QED) is 0.801. The topological polar surface area (TPSA) is 45.7 Å². The minimum atomic E-state index is 0.0830. The first-order valence-corrected chi connectivity index (χ1v) is 9.21. The zero-order valence-electron chi connectivity index (χ0n) is 15.6. The highest BCUT2D eigenvalue weighted by molar-refractivity contribution is 5.94. The third-order valence-corrected chi connectivity index (χ3v) is 5.17. The molecule has 1 aromatic heterocycles. The SMILES string of the molecule is COc1ccc(C(=O)N(C)C2CCN(CCc3ccccn3)CC2)cc1. The summed E-state index contributed by atoms with van der Waals surface area (Å²) < 4.78 is 5.16. The van der Waals surface area contributed by atoms with Crippen molar-refractivity contribution in [3.05, 3.63) is 59.9 Å². The largest absolute Gasteiger partial charge is 0.497 e. The average molecular weight is 353 g/mol. The summed E-state index contributed by atoms with van der Waals surface area (Å²) in [4.78, 5) is 21.5. The fraction of sp³-hybridized carbons (Fsp3) is 0.429. The van der Waals surface area contributed by atoms with Crippen LogP contribution < -0.4 is 4.74 Å². The third-order valence-electron chi connectivity index (χ3n) is 5.17. The smallest absolute Gasteiger partial charge is 0.253 e. The molecule has 1 amide bonds. The number of methoxy groups -OCH3 is 1. The summed E-state index contributed by atoms with van der Waals surface area (Å²) in [5, 5.41) is 0. The molecule has 1 fully saturated rings. The van der Waals surface area contributed by atoms with Crippen molar-refractivity contribution < 1.29 is 9.53 Å². The number of amides is 1. The van der Waals surface area contributed by atoms with E-state index in [0.717, 1.165) is 50.3 Å². The van der Waals surface area contributed by atoms with E-state index in [2.05, 4.69) is 16.0 Å². The summed E-state index contributed by atoms with van der Waals surface area (Å²) >= 11 is 0. The molecule has 1 saturated heterocycles. The molecular weight excluding hydrogens is 326 g/mol. The van der Waals surface area contributed by atoms with Crippen molar-refractivity contribution in [2.45, 2.75) is 25.3 Å². The molecule has 2 aromatic rings. The van der Waals surface area contributed by atoms with Crippen molar-refractivity contribution in [1.29, 1.82) is 0 Å². The van der Waals surface area contributed by atoms with E-state index in [1.165, 1.54) is 0 Å². The van der Waals surface area contributed by atoms with E-state index in [0.29, 0.717) is 11.6 Å². The Labute approximate surface area is 155 Å². The number of rotatable bonds is 6. The van der Waals surface area contributed by atoms with Crippen molar-refractivity contribution in [1.82, 2.24) is 14.8 Å². The maximum Gasteiger partial charge on any atom is 0.253 e. The zero-order valence-corrected chi connectivity index (χ0v) is 15.6. The summed E-state index contributed by atoms with van der Waals surface area (Å²) in [5.74, 6) is 0.852. The van der Waals surface area contributed by atoms with Gasteiger partial charge in [0.15, 0.2) is 0 Å². The van der Waals surface area contributed by atoms with Gasteiger partial charge in [0.05, 0.1) is 7.11 Å². The first-order chi connectivity index (χ1) is 12.7. The van der Waals surface area contributed by atoms with Crippen LogP contribution in [0.25, 0.3) is 0 Å². The molecule has 26 heavy (non-hydrogen) atoms. The average Bonchev–Trinajstić information content (AvgIpc) is 2.72. The molecule has 1 aliphatic heterocycles. The van der Waals surface area contributed by atoms with Crippen LogP contribution in [0.5, 0.6) is 5.75 Å². The molecule has 2 heterocycles. The molecule has 0 radical (unpaired) electrons. The minimum Gasteiger partial charge on any atom is -0.497 e. The Morgan fingerprint density at radius 2 is 1.92 bits per heavy atom. The van der Waals surface area contributed by atoms with Gasteiger partial charge < -0.3 is 14.5 Å². The van der Waals surface area contributed by atoms with Crippen LogP contribution in [0.2, 0.25) is 0 Å². The Balaban J connectivity index is 1.48. The fourth-order valence-electron chi connectivity index (χ4n) is 3.45. The second-order valence-electron chi connectivity index (χ2n) is 6.79. The summed E-state index contributed by atoms with van der Waals surface area (Å²) in [6.45, 7) is 3.08. The van der Waals surface area contributed by atoms with Crippen LogP contribution in [-0.2, 0) is 6.42 Å². The van der Waals surface area contributed by atoms with Crippen LogP contribution in [0, 0.1) is 0 Å². The van der Waals surface area contributed by atoms with E-state index in [1.807, 2.05) is 54.5 Å². The lowest BCUT2D eigenvalue weighted by molar-refractivity contribution is 0.0643. The molecule has 3 rings (SSSR count). The van der Waals surface area contributed by atoms with Crippen molar-refractivity contribution >= 4 is 5.91 Å². The number of carbonyl (C=O) groups excluding carboxylic acids is 1. The highest BCUT2D eigenvalue weighted by atomic mass is 16.5. The van der Waals surface area contributed by atoms with Gasteiger partial charge in [0.25, 0.3) is 5.91 Å². The highest BCUT2D eigenvalue weighted by Gasteiger charge is 2.25. The van der Waals surface area contributed by atoms with Crippen LogP contribution in [0.15, 0.2) is 48.7 Å². The molecule has 5 heteroatoms. The van der Waals surface area contributed by atoms with Crippen molar-refractivity contribution in [2.24, 2.45) is 0 Å². The second kappa shape index (κ2) is 8.81. The lowest BCUT2D eigenvalue weighted by Crippen LogP contribution is -2.46. The maximum atomic E-state index is 12.7. The molecule has 0 atom stereocenters. The number of aromatic nitrogens is 1. The van der Waals surface area contributed by atoms with Gasteiger partial charge in [0, 0.05) is 56.6 Å². The van der Waals surface area contributed by atoms with E-state index in [4.69, 9.17) is 4.74 Å². The van der Waals surface area contributed by atoms with Gasteiger partial charge in [-0.2, -0.15) is 0 Å². The van der Waals surface area contributed by atoms with Crippen LogP contribution >= 0.6 is 0 Å². The van der Waals surface area contributed by atoms with Gasteiger partial charge in [0.1, 0.15) is 5.75 Å². The standard InChI is InChI=1S/C21H27N3O2/c1-23(21(25)17-6-8-20(26-2)9-7-17)19-11-15-24(16-12-19)14-10-18-5-3-4-13-22-18/h3-9,13,19H,10-12,14-16H2,1-2H3. The van der Waals surface area contributed by atoms with E-state index < -0.39 is 0 Å². The Morgan fingerprint density at radius 3 is 2.54 bits per heavy atom. The van der Waals surface area contributed by atoms with Gasteiger partial charge in [0.2, 0.25) is 0 Å². The Kier molecular flexibility index (Phi) is 6.23. The van der Waals surface area contributed by atoms with Crippen molar-refractivity contribution in [3.8, 4) is 5.75 Å². The predicted octanol–water partition coefficient (Wildman–Crippen LogP) is 2.87. The lowest BCUT2D eigenvalue weighted by Gasteiger charge is -2.36. The van der Waals surface area contributed by atoms with E-state index in [9.17, 15) is 4.79 Å². The summed E-state index contributed by atoms with van der Waals surface area (Å²) in [5.41, 5.74) is 1.85. The predicted molar refractivity (Wildman–Crippen MR) is 102 cm³/mol. The lowest BCUT2D eigenvalue weighted by atomic mass is 10.0. The number of carbonyl (C=O) groups is 1. The Morgan fingerprint density at radius 1 is 1.19 bits per heavy atom. The van der Waals surface area contributed by atoms with Gasteiger partial charge in [-0.15, -0.1) is 0 Å². The Hall–Kier alpha value is -2.40. The van der Waals surface area contributed by atoms with Crippen LogP contribution in [0.3, 0.4) is 0 Å². The van der Waals surface area contributed by atoms with Crippen LogP contribution in [0.1, 0.15) is 28.9 Å². The first kappa shape index (κ1) is 18.4. The monoisotopic (exact) mass is 353 g/mol. The summed E-state index contributed by atoms with van der Waals surface area (Å²) in [6.07, 6.45) is 4.86. The molecule has 0 spiro atoms. The van der Waals surface area contributed by atoms with Crippen LogP contribution in [0.4, 0.5) is 0 Å². The molecule has 0 N–H and O–H groups in total. The number of nitrogens with zero attached hydrogens (tertiary/aromatic N) is 3. The van der Waals surface area contributed by atoms with Crippen molar-refractivity contribution in [3.63, 3.8) is 0 Å². The maximum absolute atomic E-state index is 12.7. The molecule has 5 nitrogen and oxygen atoms in total. The molecule has 0 bridgehead atoms. The van der Waals surface area contributed by atoms with Crippen molar-refractivity contribution in [2.75, 3.05) is 33.8 Å². The summed E-state index contributed by atoms with van der Waals surface area (Å²) in [7, 11) is 3.55. The minimum absolute atomic E-state index is 0.0830. The number of pyridine rings is 1. The third kappa shape index (κ3) is 4.61. The number of ether oxygens (including phenoxy) is 1. The number of hydrogen-bond donors (Lipinski definition) is 0. The van der Waals surface area contributed by atoms with Gasteiger partial charge >= 0.3 is 0 Å². The fourth-order valence-corrected chi connectivity index (χ4v) is 3.45. The van der Waals surface area contributed by atoms with Gasteiger partial charge in [-0.05, 0) is 49.2 Å². The van der Waals surface area contributed by atoms with E-state index in [1.54, 1.807) is 7.11 Å². The Bertz CT molecular complexity index is 695. The molecule has 1 aliphatic rings. The number of likely N-dealkylation sites (tertiary alicyclic amines) is 1. The number of hydrogen-bond acceptors (Lipinski definition) is 4. The van der Waals surface area contributed by atoms with Gasteiger partial charge in [-0.25, -0.2) is 0 Å². The van der Waals surface area contributed by atoms with Gasteiger partial charge in [-0.3, -0.25) is 9.78 Å². The van der Waals surface area contributed by atoms with E-state index in [-0.39, 0.29) is 5.91 Å². The second-order valence-corrected chi connectivity index (χ2v) is 6.79. The zero-order chi connectivity index (χ0) is 18.4.